The fraction of sp³-hybridized carbons (Fsp3) is 0.464. The average molecular weight is 554 g/mol. The van der Waals surface area contributed by atoms with E-state index in [4.69, 9.17) is 5.73 Å². The number of Topliss-reactive ketones (excluding diaryl/α,β-unsaturated/α-hetero) is 4. The molecule has 0 aliphatic heterocycles. The van der Waals surface area contributed by atoms with Gasteiger partial charge in [-0.1, -0.05) is 0 Å². The van der Waals surface area contributed by atoms with Gasteiger partial charge in [0.25, 0.3) is 0 Å². The summed E-state index contributed by atoms with van der Waals surface area (Å²) in [7, 11) is 6.78. The van der Waals surface area contributed by atoms with E-state index < -0.39 is 64.4 Å². The van der Waals surface area contributed by atoms with Crippen molar-refractivity contribution in [2.75, 3.05) is 28.2 Å². The van der Waals surface area contributed by atoms with Gasteiger partial charge in [0, 0.05) is 18.0 Å². The number of carbonyl (C=O) groups is 5. The number of likely N-dealkylation sites (N-methyl/N-ethyl adjacent to an activating group) is 1. The van der Waals surface area contributed by atoms with Crippen molar-refractivity contribution < 1.29 is 34.2 Å². The zero-order chi connectivity index (χ0) is 28.5. The van der Waals surface area contributed by atoms with Crippen molar-refractivity contribution in [1.29, 1.82) is 0 Å². The van der Waals surface area contributed by atoms with Crippen molar-refractivity contribution in [2.45, 2.75) is 31.0 Å². The quantitative estimate of drug-likeness (QED) is 0.452. The first-order valence-corrected chi connectivity index (χ1v) is 13.6. The smallest absolute Gasteiger partial charge is 0.235 e. The van der Waals surface area contributed by atoms with Crippen molar-refractivity contribution >= 4 is 40.4 Å². The summed E-state index contributed by atoms with van der Waals surface area (Å²) in [6.45, 7) is 0.336. The number of aliphatic hydroxyl groups is 1. The molecule has 206 valence electrons. The molecule has 10 nitrogen and oxygen atoms in total. The molecule has 3 aliphatic carbocycles. The maximum absolute atomic E-state index is 14.1. The van der Waals surface area contributed by atoms with Gasteiger partial charge in [0.2, 0.25) is 5.91 Å². The first-order chi connectivity index (χ1) is 18.3. The van der Waals surface area contributed by atoms with E-state index in [0.717, 1.165) is 11.1 Å². The number of nitrogens with two attached hydrogens (primary N) is 1. The Morgan fingerprint density at radius 1 is 1.15 bits per heavy atom. The van der Waals surface area contributed by atoms with Gasteiger partial charge in [-0.2, -0.15) is 11.3 Å². The predicted octanol–water partition coefficient (Wildman–Crippen LogP) is 0.657. The van der Waals surface area contributed by atoms with Gasteiger partial charge in [-0.15, -0.1) is 0 Å². The van der Waals surface area contributed by atoms with Crippen molar-refractivity contribution in [3.05, 3.63) is 39.6 Å². The molecule has 4 N–H and O–H groups in total. The highest BCUT2D eigenvalue weighted by Crippen LogP contribution is 2.52. The molecule has 2 saturated carbocycles. The highest BCUT2D eigenvalue weighted by atomic mass is 32.1. The van der Waals surface area contributed by atoms with Crippen molar-refractivity contribution in [2.24, 2.45) is 29.4 Å². The van der Waals surface area contributed by atoms with Gasteiger partial charge in [-0.25, -0.2) is 0 Å². The van der Waals surface area contributed by atoms with Crippen LogP contribution >= 0.6 is 11.3 Å². The number of hydrogen-bond donors (Lipinski definition) is 3. The zero-order valence-corrected chi connectivity index (χ0v) is 22.9. The minimum absolute atomic E-state index is 0.0159. The van der Waals surface area contributed by atoms with Crippen LogP contribution in [0, 0.1) is 23.7 Å². The highest BCUT2D eigenvalue weighted by Gasteiger charge is 2.69. The molecule has 39 heavy (non-hydrogen) atoms. The summed E-state index contributed by atoms with van der Waals surface area (Å²) in [4.78, 5) is 70.2. The lowest BCUT2D eigenvalue weighted by atomic mass is 9.52. The molecule has 11 heteroatoms. The topological polar surface area (TPSA) is 158 Å². The Bertz CT molecular complexity index is 1420. The lowest BCUT2D eigenvalue weighted by molar-refractivity contribution is -0.181. The molecule has 1 aromatic carbocycles. The van der Waals surface area contributed by atoms with Gasteiger partial charge in [0.05, 0.1) is 17.5 Å². The Balaban J connectivity index is 1.69. The van der Waals surface area contributed by atoms with Crippen molar-refractivity contribution in [3.8, 4) is 16.9 Å². The van der Waals surface area contributed by atoms with Crippen LogP contribution in [0.4, 0.5) is 0 Å². The number of aromatic hydroxyl groups is 1. The second-order valence-corrected chi connectivity index (χ2v) is 12.1. The lowest BCUT2D eigenvalue weighted by Gasteiger charge is -2.52. The normalized spacial score (nSPS) is 30.4. The second-order valence-electron chi connectivity index (χ2n) is 11.3. The molecule has 3 aliphatic rings. The molecule has 1 amide bonds. The highest BCUT2D eigenvalue weighted by molar-refractivity contribution is 7.08. The minimum atomic E-state index is -2.73. The number of rotatable bonds is 5. The van der Waals surface area contributed by atoms with E-state index >= 15 is 0 Å². The number of fused-ring (bicyclic) bond motifs is 3. The Kier molecular flexibility index (Phi) is 6.61. The summed E-state index contributed by atoms with van der Waals surface area (Å²) in [6.07, 6.45) is 0.250. The van der Waals surface area contributed by atoms with E-state index in [1.165, 1.54) is 16.2 Å². The second kappa shape index (κ2) is 9.44. The predicted molar refractivity (Wildman–Crippen MR) is 142 cm³/mol. The molecule has 2 fully saturated rings. The average Bonchev–Trinajstić information content (AvgIpc) is 3.37. The lowest BCUT2D eigenvalue weighted by Crippen LogP contribution is -2.74. The molecule has 0 spiro atoms. The van der Waals surface area contributed by atoms with E-state index in [0.29, 0.717) is 17.7 Å². The number of phenols is 1. The number of primary amides is 1. The molecular formula is C28H31N3O7S. The summed E-state index contributed by atoms with van der Waals surface area (Å²) in [5, 5.41) is 26.9. The van der Waals surface area contributed by atoms with E-state index in [-0.39, 0.29) is 24.2 Å². The van der Waals surface area contributed by atoms with Crippen LogP contribution in [-0.4, -0.2) is 88.9 Å². The van der Waals surface area contributed by atoms with Crippen LogP contribution in [0.5, 0.6) is 5.75 Å². The number of phenolic OH excluding ortho intramolecular Hbond substituents is 1. The summed E-state index contributed by atoms with van der Waals surface area (Å²) in [5.41, 5.74) is 5.41. The first kappa shape index (κ1) is 27.3. The fourth-order valence-corrected chi connectivity index (χ4v) is 7.52. The Labute approximate surface area is 229 Å². The molecule has 6 atom stereocenters. The van der Waals surface area contributed by atoms with Crippen LogP contribution in [-0.2, 0) is 32.1 Å². The zero-order valence-electron chi connectivity index (χ0n) is 22.1. The van der Waals surface area contributed by atoms with Gasteiger partial charge >= 0.3 is 0 Å². The maximum atomic E-state index is 14.1. The summed E-state index contributed by atoms with van der Waals surface area (Å²) in [6, 6.07) is 2.65. The molecule has 1 heterocycles. The molecule has 0 bridgehead atoms. The summed E-state index contributed by atoms with van der Waals surface area (Å²) >= 11 is 1.49. The molecule has 6 unspecified atom stereocenters. The number of amides is 1. The summed E-state index contributed by atoms with van der Waals surface area (Å²) in [5.74, 6) is -10.4. The van der Waals surface area contributed by atoms with Gasteiger partial charge < -0.3 is 20.8 Å². The monoisotopic (exact) mass is 553 g/mol. The molecule has 5 rings (SSSR count). The number of benzene rings is 1. The van der Waals surface area contributed by atoms with Gasteiger partial charge in [-0.05, 0) is 86.5 Å². The van der Waals surface area contributed by atoms with Crippen LogP contribution in [0.1, 0.15) is 27.9 Å². The van der Waals surface area contributed by atoms with Gasteiger partial charge in [0.1, 0.15) is 5.75 Å². The third-order valence-corrected chi connectivity index (χ3v) is 9.14. The van der Waals surface area contributed by atoms with Gasteiger partial charge in [-0.3, -0.25) is 28.9 Å². The van der Waals surface area contributed by atoms with Crippen LogP contribution in [0.15, 0.2) is 22.9 Å². The Morgan fingerprint density at radius 3 is 2.41 bits per heavy atom. The number of nitrogens with zero attached hydrogens (tertiary/aromatic N) is 2. The Morgan fingerprint density at radius 2 is 1.85 bits per heavy atom. The summed E-state index contributed by atoms with van der Waals surface area (Å²) < 4.78 is 0. The largest absolute Gasteiger partial charge is 0.507 e. The van der Waals surface area contributed by atoms with Crippen LogP contribution in [0.25, 0.3) is 11.1 Å². The molecule has 2 aromatic rings. The molecular weight excluding hydrogens is 522 g/mol. The SMILES string of the molecule is CN(C)Cc1cc(-c2ccsc2)c2c(c1O)C(=O)C1C(=O)C3(O)C(=O)C(C(N)=O)C(=O)C(N(C)C)C3CC1C2. The minimum Gasteiger partial charge on any atom is -0.507 e. The Hall–Kier alpha value is -3.25. The molecule has 0 radical (unpaired) electrons. The van der Waals surface area contributed by atoms with Crippen LogP contribution in [0.3, 0.4) is 0 Å². The number of hydrogen-bond acceptors (Lipinski definition) is 10. The van der Waals surface area contributed by atoms with Crippen molar-refractivity contribution in [1.82, 2.24) is 9.80 Å². The third kappa shape index (κ3) is 3.90. The number of carbonyl (C=O) groups excluding carboxylic acids is 5. The number of ketones is 4. The van der Waals surface area contributed by atoms with Crippen molar-refractivity contribution in [3.63, 3.8) is 0 Å². The maximum Gasteiger partial charge on any atom is 0.235 e. The molecule has 0 saturated heterocycles. The van der Waals surface area contributed by atoms with Crippen LogP contribution in [0.2, 0.25) is 0 Å². The van der Waals surface area contributed by atoms with Gasteiger partial charge in [0.15, 0.2) is 34.7 Å². The standard InChI is InChI=1S/C28H31N3O7S/c1-30(2)10-14-8-15(12-5-6-39-11-12)16-7-13-9-17-21(31(3)4)24(34)20(27(29)37)26(36)28(17,38)25(35)18(13)23(33)19(16)22(14)32/h5-6,8,11,13,17-18,20-21,32,38H,7,9-10H2,1-4H3,(H2,29,37). The van der Waals surface area contributed by atoms with Crippen LogP contribution < -0.4 is 5.73 Å². The number of thiophene rings is 1. The fourth-order valence-electron chi connectivity index (χ4n) is 6.86. The third-order valence-electron chi connectivity index (χ3n) is 8.46. The van der Waals surface area contributed by atoms with E-state index in [1.807, 2.05) is 41.9 Å². The van der Waals surface area contributed by atoms with E-state index in [2.05, 4.69) is 0 Å². The first-order valence-electron chi connectivity index (χ1n) is 12.7. The molecule has 1 aromatic heterocycles. The van der Waals surface area contributed by atoms with E-state index in [1.54, 1.807) is 14.1 Å². The van der Waals surface area contributed by atoms with E-state index in [9.17, 15) is 34.2 Å².